The Bertz CT molecular complexity index is 240. The van der Waals surface area contributed by atoms with Crippen molar-refractivity contribution >= 4 is 5.78 Å². The monoisotopic (exact) mass is 178 g/mol. The number of Topliss-reactive ketones (excluding diaryl/α,β-unsaturated/α-hetero) is 1. The van der Waals surface area contributed by atoms with Crippen LogP contribution in [0.15, 0.2) is 11.6 Å². The molecule has 0 spiro atoms. The molecule has 0 aromatic carbocycles. The van der Waals surface area contributed by atoms with Gasteiger partial charge in [-0.15, -0.1) is 0 Å². The van der Waals surface area contributed by atoms with Gasteiger partial charge in [-0.2, -0.15) is 0 Å². The Balaban J connectivity index is 2.04. The van der Waals surface area contributed by atoms with Gasteiger partial charge in [0.1, 0.15) is 5.78 Å². The van der Waals surface area contributed by atoms with Crippen LogP contribution in [-0.4, -0.2) is 5.78 Å². The standard InChI is InChI=1S/C12H18O/c1-2-3-5-9-8-10-6-4-7-11(9)12(10)13/h8,10-11H,2-7H2,1H3. The number of rotatable bonds is 3. The zero-order valence-electron chi connectivity index (χ0n) is 8.38. The number of allylic oxidation sites excluding steroid dienone is 2. The van der Waals surface area contributed by atoms with Crippen molar-refractivity contribution < 1.29 is 4.79 Å². The summed E-state index contributed by atoms with van der Waals surface area (Å²) in [6.07, 6.45) is 9.44. The summed E-state index contributed by atoms with van der Waals surface area (Å²) in [6.45, 7) is 2.21. The van der Waals surface area contributed by atoms with Gasteiger partial charge in [-0.05, 0) is 25.7 Å². The van der Waals surface area contributed by atoms with E-state index >= 15 is 0 Å². The van der Waals surface area contributed by atoms with Gasteiger partial charge >= 0.3 is 0 Å². The maximum Gasteiger partial charge on any atom is 0.146 e. The second-order valence-electron chi connectivity index (χ2n) is 4.34. The third-order valence-corrected chi connectivity index (χ3v) is 3.40. The first kappa shape index (κ1) is 8.98. The number of unbranched alkanes of at least 4 members (excludes halogenated alkanes) is 1. The highest BCUT2D eigenvalue weighted by molar-refractivity contribution is 5.91. The summed E-state index contributed by atoms with van der Waals surface area (Å²) in [6, 6.07) is 0. The lowest BCUT2D eigenvalue weighted by Gasteiger charge is -2.19. The Morgan fingerprint density at radius 1 is 1.46 bits per heavy atom. The quantitative estimate of drug-likeness (QED) is 0.607. The lowest BCUT2D eigenvalue weighted by molar-refractivity contribution is -0.125. The van der Waals surface area contributed by atoms with E-state index in [0.717, 1.165) is 12.8 Å². The van der Waals surface area contributed by atoms with Crippen LogP contribution in [0.4, 0.5) is 0 Å². The summed E-state index contributed by atoms with van der Waals surface area (Å²) < 4.78 is 0. The molecule has 0 saturated heterocycles. The number of hydrogen-bond acceptors (Lipinski definition) is 1. The van der Waals surface area contributed by atoms with E-state index in [9.17, 15) is 4.79 Å². The van der Waals surface area contributed by atoms with Crippen LogP contribution in [0.25, 0.3) is 0 Å². The van der Waals surface area contributed by atoms with Gasteiger partial charge in [0.25, 0.3) is 0 Å². The molecule has 0 aromatic rings. The normalized spacial score (nSPS) is 32.1. The van der Waals surface area contributed by atoms with Crippen molar-refractivity contribution in [3.8, 4) is 0 Å². The zero-order valence-corrected chi connectivity index (χ0v) is 8.38. The second kappa shape index (κ2) is 3.65. The predicted octanol–water partition coefficient (Wildman–Crippen LogP) is 3.10. The van der Waals surface area contributed by atoms with Crippen LogP contribution in [0, 0.1) is 11.8 Å². The summed E-state index contributed by atoms with van der Waals surface area (Å²) in [5, 5.41) is 0. The Kier molecular flexibility index (Phi) is 2.52. The highest BCUT2D eigenvalue weighted by atomic mass is 16.1. The number of carbonyl (C=O) groups is 1. The Morgan fingerprint density at radius 3 is 3.00 bits per heavy atom. The molecule has 13 heavy (non-hydrogen) atoms. The fourth-order valence-corrected chi connectivity index (χ4v) is 2.63. The molecule has 1 heteroatoms. The van der Waals surface area contributed by atoms with E-state index in [0.29, 0.717) is 17.6 Å². The molecule has 0 amide bonds. The van der Waals surface area contributed by atoms with Crippen molar-refractivity contribution in [3.05, 3.63) is 11.6 Å². The summed E-state index contributed by atoms with van der Waals surface area (Å²) in [5.41, 5.74) is 1.47. The highest BCUT2D eigenvalue weighted by Gasteiger charge is 2.37. The van der Waals surface area contributed by atoms with E-state index in [1.807, 2.05) is 0 Å². The van der Waals surface area contributed by atoms with Crippen LogP contribution in [-0.2, 0) is 4.79 Å². The molecule has 1 nitrogen and oxygen atoms in total. The first-order valence-electron chi connectivity index (χ1n) is 5.57. The Labute approximate surface area is 80.2 Å². The molecule has 0 aliphatic heterocycles. The van der Waals surface area contributed by atoms with E-state index in [4.69, 9.17) is 0 Å². The average molecular weight is 178 g/mol. The molecule has 2 bridgehead atoms. The molecule has 1 saturated carbocycles. The molecular formula is C12H18O. The van der Waals surface area contributed by atoms with E-state index < -0.39 is 0 Å². The molecule has 2 aliphatic rings. The zero-order chi connectivity index (χ0) is 9.26. The Hall–Kier alpha value is -0.590. The van der Waals surface area contributed by atoms with Crippen LogP contribution >= 0.6 is 0 Å². The van der Waals surface area contributed by atoms with Crippen molar-refractivity contribution in [2.24, 2.45) is 11.8 Å². The van der Waals surface area contributed by atoms with Gasteiger partial charge in [-0.3, -0.25) is 4.79 Å². The van der Waals surface area contributed by atoms with Crippen molar-refractivity contribution in [2.45, 2.75) is 45.4 Å². The van der Waals surface area contributed by atoms with Gasteiger partial charge in [-0.25, -0.2) is 0 Å². The first-order valence-corrected chi connectivity index (χ1v) is 5.57. The molecule has 2 rings (SSSR count). The topological polar surface area (TPSA) is 17.1 Å². The van der Waals surface area contributed by atoms with Gasteiger partial charge in [0.2, 0.25) is 0 Å². The maximum absolute atomic E-state index is 11.7. The molecule has 0 N–H and O–H groups in total. The Morgan fingerprint density at radius 2 is 2.31 bits per heavy atom. The third-order valence-electron chi connectivity index (χ3n) is 3.40. The van der Waals surface area contributed by atoms with Gasteiger partial charge in [0.05, 0.1) is 0 Å². The molecule has 0 heterocycles. The van der Waals surface area contributed by atoms with E-state index in [1.54, 1.807) is 0 Å². The molecule has 1 fully saturated rings. The number of fused-ring (bicyclic) bond motifs is 2. The van der Waals surface area contributed by atoms with Crippen LogP contribution in [0.1, 0.15) is 45.4 Å². The molecule has 72 valence electrons. The molecule has 2 aliphatic carbocycles. The number of hydrogen-bond donors (Lipinski definition) is 0. The minimum Gasteiger partial charge on any atom is -0.298 e. The van der Waals surface area contributed by atoms with Crippen LogP contribution in [0.2, 0.25) is 0 Å². The summed E-state index contributed by atoms with van der Waals surface area (Å²) in [4.78, 5) is 11.7. The second-order valence-corrected chi connectivity index (χ2v) is 4.34. The average Bonchev–Trinajstić information content (AvgIpc) is 2.37. The molecule has 0 radical (unpaired) electrons. The van der Waals surface area contributed by atoms with Crippen LogP contribution < -0.4 is 0 Å². The lowest BCUT2D eigenvalue weighted by Crippen LogP contribution is -2.21. The first-order chi connectivity index (χ1) is 6.33. The minimum atomic E-state index is 0.311. The van der Waals surface area contributed by atoms with Crippen molar-refractivity contribution in [1.29, 1.82) is 0 Å². The van der Waals surface area contributed by atoms with Crippen LogP contribution in [0.5, 0.6) is 0 Å². The maximum atomic E-state index is 11.7. The van der Waals surface area contributed by atoms with E-state index in [2.05, 4.69) is 13.0 Å². The number of ketones is 1. The molecular weight excluding hydrogens is 160 g/mol. The lowest BCUT2D eigenvalue weighted by atomic mass is 9.84. The van der Waals surface area contributed by atoms with Gasteiger partial charge in [0, 0.05) is 11.8 Å². The highest BCUT2D eigenvalue weighted by Crippen LogP contribution is 2.40. The van der Waals surface area contributed by atoms with Crippen LogP contribution in [0.3, 0.4) is 0 Å². The fourth-order valence-electron chi connectivity index (χ4n) is 2.63. The van der Waals surface area contributed by atoms with Gasteiger partial charge in [0.15, 0.2) is 0 Å². The van der Waals surface area contributed by atoms with E-state index in [1.165, 1.54) is 31.3 Å². The number of carbonyl (C=O) groups excluding carboxylic acids is 1. The smallest absolute Gasteiger partial charge is 0.146 e. The van der Waals surface area contributed by atoms with Crippen molar-refractivity contribution in [3.63, 3.8) is 0 Å². The molecule has 2 atom stereocenters. The van der Waals surface area contributed by atoms with Crippen molar-refractivity contribution in [1.82, 2.24) is 0 Å². The van der Waals surface area contributed by atoms with Gasteiger partial charge < -0.3 is 0 Å². The van der Waals surface area contributed by atoms with Gasteiger partial charge in [-0.1, -0.05) is 31.4 Å². The molecule has 0 aromatic heterocycles. The minimum absolute atomic E-state index is 0.311. The molecule has 2 unspecified atom stereocenters. The third kappa shape index (κ3) is 1.56. The predicted molar refractivity (Wildman–Crippen MR) is 53.4 cm³/mol. The van der Waals surface area contributed by atoms with Crippen molar-refractivity contribution in [2.75, 3.05) is 0 Å². The SMILES string of the molecule is CCCCC1=CC2CCCC1C2=O. The summed E-state index contributed by atoms with van der Waals surface area (Å²) in [5.74, 6) is 1.17. The summed E-state index contributed by atoms with van der Waals surface area (Å²) in [7, 11) is 0. The fraction of sp³-hybridized carbons (Fsp3) is 0.750. The largest absolute Gasteiger partial charge is 0.298 e. The summed E-state index contributed by atoms with van der Waals surface area (Å²) >= 11 is 0. The van der Waals surface area contributed by atoms with E-state index in [-0.39, 0.29) is 0 Å².